The standard InChI is InChI=1S/C6H10.4C2H6/c1-4-5-6(2)3;4*1-2/h4-5H,1H2,2-3H3;4*1-2H3. The van der Waals surface area contributed by atoms with Crippen LogP contribution in [0.15, 0.2) is 24.3 Å². The van der Waals surface area contributed by atoms with E-state index < -0.39 is 0 Å². The maximum atomic E-state index is 3.52. The second kappa shape index (κ2) is 81.9. The average molecular weight is 202 g/mol. The zero-order chi connectivity index (χ0) is 13.0. The minimum absolute atomic E-state index is 1.30. The summed E-state index contributed by atoms with van der Waals surface area (Å²) >= 11 is 0. The van der Waals surface area contributed by atoms with Gasteiger partial charge in [-0.05, 0) is 13.8 Å². The largest absolute Gasteiger partial charge is 0.0991 e. The van der Waals surface area contributed by atoms with Crippen LogP contribution < -0.4 is 0 Å². The third-order valence-electron chi connectivity index (χ3n) is 0.451. The molecule has 0 fully saturated rings. The van der Waals surface area contributed by atoms with Crippen molar-refractivity contribution >= 4 is 0 Å². The Morgan fingerprint density at radius 3 is 0.929 bits per heavy atom. The highest BCUT2D eigenvalue weighted by Gasteiger charge is 1.63. The first-order chi connectivity index (χ1) is 6.77. The molecule has 0 aromatic carbocycles. The minimum atomic E-state index is 1.30. The fourth-order valence-corrected chi connectivity index (χ4v) is 0.236. The zero-order valence-corrected chi connectivity index (χ0v) is 12.4. The van der Waals surface area contributed by atoms with Crippen LogP contribution in [0, 0.1) is 0 Å². The van der Waals surface area contributed by atoms with Gasteiger partial charge in [0.1, 0.15) is 0 Å². The van der Waals surface area contributed by atoms with Crippen LogP contribution in [0.4, 0.5) is 0 Å². The molecule has 0 saturated carbocycles. The van der Waals surface area contributed by atoms with Crippen LogP contribution >= 0.6 is 0 Å². The molecule has 0 heteroatoms. The Balaban J connectivity index is -0.0000000287. The number of rotatable bonds is 1. The molecule has 0 radical (unpaired) electrons. The van der Waals surface area contributed by atoms with Crippen molar-refractivity contribution in [2.24, 2.45) is 0 Å². The maximum Gasteiger partial charge on any atom is -0.0439 e. The Morgan fingerprint density at radius 1 is 0.714 bits per heavy atom. The Morgan fingerprint density at radius 2 is 0.929 bits per heavy atom. The number of allylic oxidation sites excluding steroid dienone is 3. The Bertz CT molecular complexity index is 64.1. The summed E-state index contributed by atoms with van der Waals surface area (Å²) in [6.07, 6.45) is 3.76. The number of hydrogen-bond donors (Lipinski definition) is 0. The molecule has 0 amide bonds. The summed E-state index contributed by atoms with van der Waals surface area (Å²) in [6.45, 7) is 23.6. The van der Waals surface area contributed by atoms with Crippen LogP contribution in [-0.2, 0) is 0 Å². The lowest BCUT2D eigenvalue weighted by molar-refractivity contribution is 1.40. The minimum Gasteiger partial charge on any atom is -0.0991 e. The predicted octanol–water partition coefficient (Wildman–Crippen LogP) is 6.24. The maximum absolute atomic E-state index is 3.52. The Hall–Kier alpha value is -0.520. The highest BCUT2D eigenvalue weighted by atomic mass is 13.7. The van der Waals surface area contributed by atoms with E-state index in [9.17, 15) is 0 Å². The second-order valence-electron chi connectivity index (χ2n) is 1.48. The van der Waals surface area contributed by atoms with Crippen molar-refractivity contribution in [1.82, 2.24) is 0 Å². The van der Waals surface area contributed by atoms with Gasteiger partial charge in [0.15, 0.2) is 0 Å². The zero-order valence-electron chi connectivity index (χ0n) is 12.4. The van der Waals surface area contributed by atoms with Gasteiger partial charge in [0.05, 0.1) is 0 Å². The van der Waals surface area contributed by atoms with Gasteiger partial charge in [-0.15, -0.1) is 0 Å². The Kier molecular flexibility index (Phi) is 171. The van der Waals surface area contributed by atoms with Gasteiger partial charge in [0, 0.05) is 0 Å². The van der Waals surface area contributed by atoms with E-state index in [1.54, 1.807) is 6.08 Å². The van der Waals surface area contributed by atoms with Gasteiger partial charge in [0.2, 0.25) is 0 Å². The molecule has 0 spiro atoms. The smallest absolute Gasteiger partial charge is 0.0439 e. The molecule has 0 aliphatic carbocycles. The lowest BCUT2D eigenvalue weighted by atomic mass is 10.3. The molecule has 0 bridgehead atoms. The summed E-state index contributed by atoms with van der Waals surface area (Å²) in [7, 11) is 0. The molecule has 0 unspecified atom stereocenters. The van der Waals surface area contributed by atoms with Crippen LogP contribution in [-0.4, -0.2) is 0 Å². The van der Waals surface area contributed by atoms with E-state index >= 15 is 0 Å². The van der Waals surface area contributed by atoms with Crippen molar-refractivity contribution in [2.75, 3.05) is 0 Å². The molecular weight excluding hydrogens is 168 g/mol. The van der Waals surface area contributed by atoms with E-state index in [4.69, 9.17) is 0 Å². The fraction of sp³-hybridized carbons (Fsp3) is 0.714. The predicted molar refractivity (Wildman–Crippen MR) is 75.0 cm³/mol. The van der Waals surface area contributed by atoms with Crippen LogP contribution in [0.25, 0.3) is 0 Å². The quantitative estimate of drug-likeness (QED) is 0.441. The van der Waals surface area contributed by atoms with Gasteiger partial charge in [-0.25, -0.2) is 0 Å². The van der Waals surface area contributed by atoms with E-state index in [2.05, 4.69) is 6.58 Å². The molecule has 90 valence electrons. The highest BCUT2D eigenvalue weighted by Crippen LogP contribution is 1.85. The second-order valence-corrected chi connectivity index (χ2v) is 1.48. The van der Waals surface area contributed by atoms with Crippen LogP contribution in [0.2, 0.25) is 0 Å². The third kappa shape index (κ3) is 205. The van der Waals surface area contributed by atoms with E-state index in [0.29, 0.717) is 0 Å². The summed E-state index contributed by atoms with van der Waals surface area (Å²) in [5.74, 6) is 0. The van der Waals surface area contributed by atoms with Gasteiger partial charge in [-0.3, -0.25) is 0 Å². The molecular formula is C14H34. The molecule has 0 N–H and O–H groups in total. The molecule has 0 aromatic heterocycles. The van der Waals surface area contributed by atoms with Crippen molar-refractivity contribution in [3.8, 4) is 0 Å². The molecule has 0 aliphatic heterocycles. The van der Waals surface area contributed by atoms with Gasteiger partial charge in [0.25, 0.3) is 0 Å². The van der Waals surface area contributed by atoms with Crippen molar-refractivity contribution in [1.29, 1.82) is 0 Å². The van der Waals surface area contributed by atoms with E-state index in [1.165, 1.54) is 5.57 Å². The molecule has 0 rings (SSSR count). The molecule has 0 heterocycles. The van der Waals surface area contributed by atoms with Crippen LogP contribution in [0.5, 0.6) is 0 Å². The summed E-state index contributed by atoms with van der Waals surface area (Å²) < 4.78 is 0. The summed E-state index contributed by atoms with van der Waals surface area (Å²) in [5, 5.41) is 0. The average Bonchev–Trinajstić information content (AvgIpc) is 2.29. The van der Waals surface area contributed by atoms with E-state index in [-0.39, 0.29) is 0 Å². The topological polar surface area (TPSA) is 0 Å². The highest BCUT2D eigenvalue weighted by molar-refractivity contribution is 5.04. The molecule has 0 aliphatic rings. The van der Waals surface area contributed by atoms with Gasteiger partial charge < -0.3 is 0 Å². The van der Waals surface area contributed by atoms with Crippen molar-refractivity contribution < 1.29 is 0 Å². The van der Waals surface area contributed by atoms with Crippen LogP contribution in [0.1, 0.15) is 69.2 Å². The first-order valence-corrected chi connectivity index (χ1v) is 6.03. The number of hydrogen-bond acceptors (Lipinski definition) is 0. The lowest BCUT2D eigenvalue weighted by Crippen LogP contribution is -1.54. The fourth-order valence-electron chi connectivity index (χ4n) is 0.236. The normalized spacial score (nSPS) is 4.71. The Labute approximate surface area is 94.1 Å². The van der Waals surface area contributed by atoms with Gasteiger partial charge >= 0.3 is 0 Å². The SMILES string of the molecule is C=CC=C(C)C.CC.CC.CC.CC. The van der Waals surface area contributed by atoms with Crippen molar-refractivity contribution in [2.45, 2.75) is 69.2 Å². The van der Waals surface area contributed by atoms with Crippen LogP contribution in [0.3, 0.4) is 0 Å². The van der Waals surface area contributed by atoms with Crippen molar-refractivity contribution in [3.63, 3.8) is 0 Å². The van der Waals surface area contributed by atoms with Gasteiger partial charge in [-0.1, -0.05) is 79.7 Å². The summed E-state index contributed by atoms with van der Waals surface area (Å²) in [6, 6.07) is 0. The first kappa shape index (κ1) is 29.2. The van der Waals surface area contributed by atoms with Gasteiger partial charge in [-0.2, -0.15) is 0 Å². The molecule has 0 saturated heterocycles. The monoisotopic (exact) mass is 202 g/mol. The van der Waals surface area contributed by atoms with Crippen molar-refractivity contribution in [3.05, 3.63) is 24.3 Å². The summed E-state index contributed by atoms with van der Waals surface area (Å²) in [5.41, 5.74) is 1.30. The molecule has 0 atom stereocenters. The first-order valence-electron chi connectivity index (χ1n) is 6.03. The van der Waals surface area contributed by atoms with E-state index in [0.717, 1.165) is 0 Å². The summed E-state index contributed by atoms with van der Waals surface area (Å²) in [4.78, 5) is 0. The molecule has 0 aromatic rings. The lowest BCUT2D eigenvalue weighted by Gasteiger charge is -1.76. The third-order valence-corrected chi connectivity index (χ3v) is 0.451. The van der Waals surface area contributed by atoms with E-state index in [1.807, 2.05) is 75.3 Å². The molecule has 0 nitrogen and oxygen atoms in total. The molecule has 14 heavy (non-hydrogen) atoms.